The Bertz CT molecular complexity index is 658. The van der Waals surface area contributed by atoms with E-state index < -0.39 is 0 Å². The van der Waals surface area contributed by atoms with Gasteiger partial charge >= 0.3 is 0 Å². The van der Waals surface area contributed by atoms with Gasteiger partial charge in [-0.25, -0.2) is 0 Å². The Kier molecular flexibility index (Phi) is 4.75. The highest BCUT2D eigenvalue weighted by molar-refractivity contribution is 6.00. The van der Waals surface area contributed by atoms with E-state index in [2.05, 4.69) is 10.2 Å². The Morgan fingerprint density at radius 3 is 2.84 bits per heavy atom. The first-order valence-electron chi connectivity index (χ1n) is 9.60. The van der Waals surface area contributed by atoms with Crippen molar-refractivity contribution in [1.82, 2.24) is 15.1 Å². The number of amides is 2. The van der Waals surface area contributed by atoms with Crippen molar-refractivity contribution in [3.63, 3.8) is 0 Å². The Hall–Kier alpha value is -1.88. The second-order valence-corrected chi connectivity index (χ2v) is 7.62. The van der Waals surface area contributed by atoms with Gasteiger partial charge in [0, 0.05) is 24.7 Å². The normalized spacial score (nSPS) is 26.2. The fourth-order valence-corrected chi connectivity index (χ4v) is 4.73. The lowest BCUT2D eigenvalue weighted by molar-refractivity contribution is -0.122. The van der Waals surface area contributed by atoms with Gasteiger partial charge in [-0.2, -0.15) is 0 Å². The molecule has 25 heavy (non-hydrogen) atoms. The Morgan fingerprint density at radius 2 is 1.96 bits per heavy atom. The fraction of sp³-hybridized carbons (Fsp3) is 0.600. The van der Waals surface area contributed by atoms with E-state index in [4.69, 9.17) is 0 Å². The standard InChI is InChI=1S/C20H27N3O2/c24-19(14-23-13-16-6-1-2-8-17(16)20(23)25)21-12-15-7-5-11-22-10-4-3-9-18(15)22/h1-2,6,8,15,18H,3-5,7,9-14H2,(H,21,24). The summed E-state index contributed by atoms with van der Waals surface area (Å²) in [6, 6.07) is 8.26. The van der Waals surface area contributed by atoms with Crippen LogP contribution in [0.2, 0.25) is 0 Å². The van der Waals surface area contributed by atoms with Crippen LogP contribution < -0.4 is 5.32 Å². The minimum atomic E-state index is -0.0333. The molecule has 1 aromatic carbocycles. The third-order valence-electron chi connectivity index (χ3n) is 6.02. The molecule has 2 atom stereocenters. The molecule has 2 saturated heterocycles. The van der Waals surface area contributed by atoms with E-state index in [1.165, 1.54) is 45.2 Å². The molecule has 1 aromatic rings. The number of hydrogen-bond donors (Lipinski definition) is 1. The zero-order valence-corrected chi connectivity index (χ0v) is 14.7. The summed E-state index contributed by atoms with van der Waals surface area (Å²) in [4.78, 5) is 29.0. The van der Waals surface area contributed by atoms with Gasteiger partial charge in [0.1, 0.15) is 6.54 Å². The molecule has 4 rings (SSSR count). The molecular formula is C20H27N3O2. The zero-order chi connectivity index (χ0) is 17.2. The van der Waals surface area contributed by atoms with Crippen LogP contribution in [0.5, 0.6) is 0 Å². The summed E-state index contributed by atoms with van der Waals surface area (Å²) in [5.74, 6) is 0.500. The highest BCUT2D eigenvalue weighted by Crippen LogP contribution is 2.30. The van der Waals surface area contributed by atoms with Crippen molar-refractivity contribution >= 4 is 11.8 Å². The first kappa shape index (κ1) is 16.6. The minimum absolute atomic E-state index is 0.0260. The molecule has 0 radical (unpaired) electrons. The summed E-state index contributed by atoms with van der Waals surface area (Å²) < 4.78 is 0. The lowest BCUT2D eigenvalue weighted by atomic mass is 9.83. The molecule has 5 heteroatoms. The van der Waals surface area contributed by atoms with E-state index in [-0.39, 0.29) is 18.4 Å². The van der Waals surface area contributed by atoms with E-state index in [1.54, 1.807) is 4.90 Å². The molecular weight excluding hydrogens is 314 g/mol. The van der Waals surface area contributed by atoms with E-state index in [1.807, 2.05) is 24.3 Å². The molecule has 2 fully saturated rings. The zero-order valence-electron chi connectivity index (χ0n) is 14.7. The predicted octanol–water partition coefficient (Wildman–Crippen LogP) is 2.02. The number of piperidine rings is 2. The van der Waals surface area contributed by atoms with Crippen molar-refractivity contribution in [1.29, 1.82) is 0 Å². The SMILES string of the molecule is O=C(CN1Cc2ccccc2C1=O)NCC1CCCN2CCCCC12. The second-order valence-electron chi connectivity index (χ2n) is 7.62. The smallest absolute Gasteiger partial charge is 0.254 e. The van der Waals surface area contributed by atoms with Crippen LogP contribution in [0.15, 0.2) is 24.3 Å². The summed E-state index contributed by atoms with van der Waals surface area (Å²) in [5.41, 5.74) is 1.76. The summed E-state index contributed by atoms with van der Waals surface area (Å²) >= 11 is 0. The van der Waals surface area contributed by atoms with Crippen LogP contribution in [0.3, 0.4) is 0 Å². The topological polar surface area (TPSA) is 52.7 Å². The number of carbonyl (C=O) groups is 2. The summed E-state index contributed by atoms with van der Waals surface area (Å²) in [6.07, 6.45) is 6.33. The molecule has 0 saturated carbocycles. The molecule has 2 amide bonds. The van der Waals surface area contributed by atoms with Crippen LogP contribution in [0.4, 0.5) is 0 Å². The van der Waals surface area contributed by atoms with E-state index >= 15 is 0 Å². The van der Waals surface area contributed by atoms with Crippen molar-refractivity contribution in [2.24, 2.45) is 5.92 Å². The quantitative estimate of drug-likeness (QED) is 0.912. The summed E-state index contributed by atoms with van der Waals surface area (Å²) in [6.45, 7) is 3.89. The number of nitrogens with zero attached hydrogens (tertiary/aromatic N) is 2. The number of hydrogen-bond acceptors (Lipinski definition) is 3. The summed E-state index contributed by atoms with van der Waals surface area (Å²) in [5, 5.41) is 3.10. The van der Waals surface area contributed by atoms with Crippen LogP contribution in [0.25, 0.3) is 0 Å². The molecule has 0 spiro atoms. The molecule has 2 unspecified atom stereocenters. The maximum Gasteiger partial charge on any atom is 0.254 e. The molecule has 5 nitrogen and oxygen atoms in total. The number of rotatable bonds is 4. The first-order chi connectivity index (χ1) is 12.2. The van der Waals surface area contributed by atoms with Gasteiger partial charge in [-0.3, -0.25) is 9.59 Å². The average molecular weight is 341 g/mol. The Labute approximate surface area is 149 Å². The number of fused-ring (bicyclic) bond motifs is 2. The molecule has 3 aliphatic rings. The van der Waals surface area contributed by atoms with Crippen molar-refractivity contribution < 1.29 is 9.59 Å². The van der Waals surface area contributed by atoms with Gasteiger partial charge in [0.15, 0.2) is 0 Å². The average Bonchev–Trinajstić information content (AvgIpc) is 2.96. The first-order valence-corrected chi connectivity index (χ1v) is 9.60. The van der Waals surface area contributed by atoms with Gasteiger partial charge in [0.25, 0.3) is 5.91 Å². The molecule has 134 valence electrons. The van der Waals surface area contributed by atoms with E-state index in [0.29, 0.717) is 18.5 Å². The van der Waals surface area contributed by atoms with E-state index in [9.17, 15) is 9.59 Å². The van der Waals surface area contributed by atoms with Crippen LogP contribution in [0, 0.1) is 5.92 Å². The van der Waals surface area contributed by atoms with Gasteiger partial charge in [0.2, 0.25) is 5.91 Å². The highest BCUT2D eigenvalue weighted by atomic mass is 16.2. The third kappa shape index (κ3) is 3.43. The number of carbonyl (C=O) groups excluding carboxylic acids is 2. The van der Waals surface area contributed by atoms with Gasteiger partial charge in [-0.05, 0) is 56.3 Å². The lowest BCUT2D eigenvalue weighted by Gasteiger charge is -2.44. The fourth-order valence-electron chi connectivity index (χ4n) is 4.73. The van der Waals surface area contributed by atoms with Crippen LogP contribution in [-0.4, -0.2) is 53.8 Å². The predicted molar refractivity (Wildman–Crippen MR) is 96.1 cm³/mol. The van der Waals surface area contributed by atoms with Gasteiger partial charge < -0.3 is 15.1 Å². The Morgan fingerprint density at radius 1 is 1.12 bits per heavy atom. The molecule has 0 aromatic heterocycles. The maximum absolute atomic E-state index is 12.4. The maximum atomic E-state index is 12.4. The van der Waals surface area contributed by atoms with Crippen LogP contribution in [-0.2, 0) is 11.3 Å². The van der Waals surface area contributed by atoms with Crippen molar-refractivity contribution in [2.75, 3.05) is 26.2 Å². The van der Waals surface area contributed by atoms with Gasteiger partial charge in [0.05, 0.1) is 0 Å². The molecule has 3 aliphatic heterocycles. The molecule has 0 aliphatic carbocycles. The number of benzene rings is 1. The molecule has 3 heterocycles. The van der Waals surface area contributed by atoms with Gasteiger partial charge in [-0.15, -0.1) is 0 Å². The Balaban J connectivity index is 1.29. The second kappa shape index (κ2) is 7.16. The highest BCUT2D eigenvalue weighted by Gasteiger charge is 2.33. The third-order valence-corrected chi connectivity index (χ3v) is 6.02. The largest absolute Gasteiger partial charge is 0.354 e. The van der Waals surface area contributed by atoms with Crippen molar-refractivity contribution in [2.45, 2.75) is 44.7 Å². The lowest BCUT2D eigenvalue weighted by Crippen LogP contribution is -2.51. The molecule has 0 bridgehead atoms. The number of nitrogens with one attached hydrogen (secondary N) is 1. The minimum Gasteiger partial charge on any atom is -0.354 e. The van der Waals surface area contributed by atoms with Crippen LogP contribution in [0.1, 0.15) is 48.0 Å². The van der Waals surface area contributed by atoms with E-state index in [0.717, 1.165) is 17.7 Å². The molecule has 1 N–H and O–H groups in total. The monoisotopic (exact) mass is 341 g/mol. The summed E-state index contributed by atoms with van der Waals surface area (Å²) in [7, 11) is 0. The van der Waals surface area contributed by atoms with Crippen molar-refractivity contribution in [3.8, 4) is 0 Å². The van der Waals surface area contributed by atoms with Crippen molar-refractivity contribution in [3.05, 3.63) is 35.4 Å². The van der Waals surface area contributed by atoms with Crippen LogP contribution >= 0.6 is 0 Å². The van der Waals surface area contributed by atoms with Gasteiger partial charge in [-0.1, -0.05) is 24.6 Å².